The van der Waals surface area contributed by atoms with E-state index in [1.165, 1.54) is 5.57 Å². The topological polar surface area (TPSA) is 78.7 Å². The van der Waals surface area contributed by atoms with Crippen molar-refractivity contribution in [1.29, 1.82) is 0 Å². The van der Waals surface area contributed by atoms with Crippen molar-refractivity contribution in [2.45, 2.75) is 38.6 Å². The second-order valence-electron chi connectivity index (χ2n) is 6.62. The largest absolute Gasteiger partial charge is 0.369 e. The van der Waals surface area contributed by atoms with Crippen molar-refractivity contribution in [2.24, 2.45) is 11.7 Å². The zero-order valence-electron chi connectivity index (χ0n) is 13.5. The van der Waals surface area contributed by atoms with E-state index >= 15 is 0 Å². The van der Waals surface area contributed by atoms with Crippen molar-refractivity contribution >= 4 is 11.9 Å². The summed E-state index contributed by atoms with van der Waals surface area (Å²) in [6, 6.07) is 0.254. The van der Waals surface area contributed by atoms with E-state index in [2.05, 4.69) is 16.8 Å². The lowest BCUT2D eigenvalue weighted by molar-refractivity contribution is -0.123. The molecule has 124 valence electrons. The number of likely N-dealkylation sites (tertiary alicyclic amines) is 2. The maximum atomic E-state index is 12.3. The smallest absolute Gasteiger partial charge is 0.317 e. The first-order valence-corrected chi connectivity index (χ1v) is 8.17. The Balaban J connectivity index is 1.70. The van der Waals surface area contributed by atoms with Crippen molar-refractivity contribution in [3.05, 3.63) is 12.2 Å². The molecular weight excluding hydrogens is 280 g/mol. The number of primary amides is 1. The Morgan fingerprint density at radius 1 is 1.14 bits per heavy atom. The Morgan fingerprint density at radius 3 is 2.23 bits per heavy atom. The lowest BCUT2D eigenvalue weighted by Gasteiger charge is -2.35. The molecule has 2 aliphatic rings. The van der Waals surface area contributed by atoms with Crippen LogP contribution in [0.5, 0.6) is 0 Å². The third kappa shape index (κ3) is 4.73. The van der Waals surface area contributed by atoms with Gasteiger partial charge < -0.3 is 16.0 Å². The molecule has 2 fully saturated rings. The first-order valence-electron chi connectivity index (χ1n) is 8.17. The Bertz CT molecular complexity index is 422. The van der Waals surface area contributed by atoms with Crippen LogP contribution in [-0.2, 0) is 4.79 Å². The van der Waals surface area contributed by atoms with Gasteiger partial charge in [0.05, 0.1) is 0 Å². The maximum absolute atomic E-state index is 12.3. The molecule has 2 saturated heterocycles. The van der Waals surface area contributed by atoms with Crippen molar-refractivity contribution in [3.8, 4) is 0 Å². The summed E-state index contributed by atoms with van der Waals surface area (Å²) >= 11 is 0. The van der Waals surface area contributed by atoms with Crippen LogP contribution in [0.3, 0.4) is 0 Å². The second kappa shape index (κ2) is 7.63. The van der Waals surface area contributed by atoms with Gasteiger partial charge in [0.25, 0.3) is 0 Å². The van der Waals surface area contributed by atoms with Gasteiger partial charge in [-0.05, 0) is 32.6 Å². The first-order chi connectivity index (χ1) is 10.5. The van der Waals surface area contributed by atoms with Gasteiger partial charge in [0.1, 0.15) is 0 Å². The van der Waals surface area contributed by atoms with Crippen molar-refractivity contribution < 1.29 is 9.59 Å². The van der Waals surface area contributed by atoms with E-state index < -0.39 is 0 Å². The Kier molecular flexibility index (Phi) is 5.83. The molecule has 22 heavy (non-hydrogen) atoms. The van der Waals surface area contributed by atoms with Gasteiger partial charge in [-0.1, -0.05) is 12.2 Å². The maximum Gasteiger partial charge on any atom is 0.317 e. The SMILES string of the molecule is C=C(C)CN1CCC(NC(=O)N2CCC(C(N)=O)CC2)CC1. The zero-order chi connectivity index (χ0) is 16.1. The van der Waals surface area contributed by atoms with Crippen LogP contribution in [0.15, 0.2) is 12.2 Å². The monoisotopic (exact) mass is 308 g/mol. The Morgan fingerprint density at radius 2 is 1.73 bits per heavy atom. The normalized spacial score (nSPS) is 21.6. The van der Waals surface area contributed by atoms with E-state index in [-0.39, 0.29) is 23.9 Å². The highest BCUT2D eigenvalue weighted by atomic mass is 16.2. The molecule has 0 aromatic rings. The number of carbonyl (C=O) groups is 2. The lowest BCUT2D eigenvalue weighted by Crippen LogP contribution is -2.51. The number of hydrogen-bond donors (Lipinski definition) is 2. The average Bonchev–Trinajstić information content (AvgIpc) is 2.49. The molecular formula is C16H28N4O2. The second-order valence-corrected chi connectivity index (χ2v) is 6.62. The van der Waals surface area contributed by atoms with Crippen LogP contribution < -0.4 is 11.1 Å². The van der Waals surface area contributed by atoms with Gasteiger partial charge in [-0.2, -0.15) is 0 Å². The number of hydrogen-bond acceptors (Lipinski definition) is 3. The number of nitrogens with zero attached hydrogens (tertiary/aromatic N) is 2. The molecule has 6 heteroatoms. The molecule has 0 aromatic carbocycles. The highest BCUT2D eigenvalue weighted by Gasteiger charge is 2.27. The van der Waals surface area contributed by atoms with Gasteiger partial charge in [0, 0.05) is 44.7 Å². The fourth-order valence-electron chi connectivity index (χ4n) is 3.25. The summed E-state index contributed by atoms with van der Waals surface area (Å²) in [5.74, 6) is -0.320. The number of rotatable bonds is 4. The van der Waals surface area contributed by atoms with E-state index in [4.69, 9.17) is 5.73 Å². The molecule has 2 heterocycles. The van der Waals surface area contributed by atoms with Crippen LogP contribution in [0.4, 0.5) is 4.79 Å². The summed E-state index contributed by atoms with van der Waals surface area (Å²) in [4.78, 5) is 27.6. The minimum Gasteiger partial charge on any atom is -0.369 e. The van der Waals surface area contributed by atoms with Gasteiger partial charge in [-0.15, -0.1) is 0 Å². The third-order valence-electron chi connectivity index (χ3n) is 4.59. The predicted molar refractivity (Wildman–Crippen MR) is 86.3 cm³/mol. The Hall–Kier alpha value is -1.56. The van der Waals surface area contributed by atoms with E-state index in [1.807, 2.05) is 6.92 Å². The summed E-state index contributed by atoms with van der Waals surface area (Å²) < 4.78 is 0. The van der Waals surface area contributed by atoms with Crippen LogP contribution in [0.25, 0.3) is 0 Å². The molecule has 6 nitrogen and oxygen atoms in total. The summed E-state index contributed by atoms with van der Waals surface area (Å²) in [5, 5.41) is 3.13. The van der Waals surface area contributed by atoms with Crippen molar-refractivity contribution in [3.63, 3.8) is 0 Å². The molecule has 0 bridgehead atoms. The van der Waals surface area contributed by atoms with Gasteiger partial charge >= 0.3 is 6.03 Å². The number of piperidine rings is 2. The zero-order valence-corrected chi connectivity index (χ0v) is 13.5. The molecule has 2 aliphatic heterocycles. The predicted octanol–water partition coefficient (Wildman–Crippen LogP) is 0.934. The summed E-state index contributed by atoms with van der Waals surface area (Å²) in [6.07, 6.45) is 3.33. The highest BCUT2D eigenvalue weighted by Crippen LogP contribution is 2.17. The van der Waals surface area contributed by atoms with E-state index in [9.17, 15) is 9.59 Å². The number of nitrogens with one attached hydrogen (secondary N) is 1. The van der Waals surface area contributed by atoms with Gasteiger partial charge in [-0.3, -0.25) is 9.69 Å². The molecule has 0 saturated carbocycles. The molecule has 0 unspecified atom stereocenters. The minimum atomic E-state index is -0.245. The van der Waals surface area contributed by atoms with Gasteiger partial charge in [0.2, 0.25) is 5.91 Å². The number of amides is 3. The van der Waals surface area contributed by atoms with Crippen LogP contribution in [-0.4, -0.2) is 60.5 Å². The van der Waals surface area contributed by atoms with Crippen LogP contribution in [0.2, 0.25) is 0 Å². The minimum absolute atomic E-state index is 0.00118. The summed E-state index contributed by atoms with van der Waals surface area (Å²) in [6.45, 7) is 10.2. The number of carbonyl (C=O) groups excluding carboxylic acids is 2. The van der Waals surface area contributed by atoms with E-state index in [1.54, 1.807) is 4.90 Å². The molecule has 0 aliphatic carbocycles. The molecule has 3 N–H and O–H groups in total. The van der Waals surface area contributed by atoms with Crippen LogP contribution in [0.1, 0.15) is 32.6 Å². The number of nitrogens with two attached hydrogens (primary N) is 1. The Labute approximate surface area is 132 Å². The quantitative estimate of drug-likeness (QED) is 0.759. The fourth-order valence-corrected chi connectivity index (χ4v) is 3.25. The van der Waals surface area contributed by atoms with Crippen molar-refractivity contribution in [2.75, 3.05) is 32.7 Å². The molecule has 0 radical (unpaired) electrons. The standard InChI is InChI=1S/C16H28N4O2/c1-12(2)11-19-7-5-14(6-8-19)18-16(22)20-9-3-13(4-10-20)15(17)21/h13-14H,1,3-11H2,2H3,(H2,17,21)(H,18,22). The average molecular weight is 308 g/mol. The first kappa shape index (κ1) is 16.8. The lowest BCUT2D eigenvalue weighted by atomic mass is 9.96. The van der Waals surface area contributed by atoms with Crippen LogP contribution in [0, 0.1) is 5.92 Å². The molecule has 0 spiro atoms. The van der Waals surface area contributed by atoms with Crippen molar-refractivity contribution in [1.82, 2.24) is 15.1 Å². The molecule has 0 aromatic heterocycles. The summed E-state index contributed by atoms with van der Waals surface area (Å²) in [7, 11) is 0. The molecule has 2 rings (SSSR count). The van der Waals surface area contributed by atoms with Gasteiger partial charge in [0.15, 0.2) is 0 Å². The van der Waals surface area contributed by atoms with Gasteiger partial charge in [-0.25, -0.2) is 4.79 Å². The molecule has 3 amide bonds. The van der Waals surface area contributed by atoms with E-state index in [0.717, 1.165) is 32.5 Å². The molecule has 0 atom stereocenters. The summed E-state index contributed by atoms with van der Waals surface area (Å²) in [5.41, 5.74) is 6.50. The van der Waals surface area contributed by atoms with E-state index in [0.29, 0.717) is 25.9 Å². The van der Waals surface area contributed by atoms with Crippen LogP contribution >= 0.6 is 0 Å². The third-order valence-corrected chi connectivity index (χ3v) is 4.59. The number of urea groups is 1. The fraction of sp³-hybridized carbons (Fsp3) is 0.750. The highest BCUT2D eigenvalue weighted by molar-refractivity contribution is 5.78.